The molecule has 0 spiro atoms. The van der Waals surface area contributed by atoms with E-state index < -0.39 is 0 Å². The lowest BCUT2D eigenvalue weighted by Gasteiger charge is -2.16. The fourth-order valence-corrected chi connectivity index (χ4v) is 4.08. The van der Waals surface area contributed by atoms with Crippen molar-refractivity contribution in [3.63, 3.8) is 0 Å². The zero-order chi connectivity index (χ0) is 19.9. The minimum absolute atomic E-state index is 0. The summed E-state index contributed by atoms with van der Waals surface area (Å²) in [5, 5.41) is 0. The summed E-state index contributed by atoms with van der Waals surface area (Å²) in [5.74, 6) is 0. The Morgan fingerprint density at radius 3 is 1.30 bits per heavy atom. The molecule has 0 fully saturated rings. The van der Waals surface area contributed by atoms with E-state index in [1.807, 2.05) is 0 Å². The van der Waals surface area contributed by atoms with Crippen LogP contribution in [0.4, 0.5) is 0 Å². The highest BCUT2D eigenvalue weighted by molar-refractivity contribution is 5.26. The highest BCUT2D eigenvalue weighted by atomic mass is 79.9. The van der Waals surface area contributed by atoms with Crippen LogP contribution in [0.25, 0.3) is 0 Å². The average molecular weight is 534 g/mol. The molecule has 0 aliphatic carbocycles. The van der Waals surface area contributed by atoms with Crippen LogP contribution in [0.2, 0.25) is 0 Å². The van der Waals surface area contributed by atoms with Crippen molar-refractivity contribution in [1.29, 1.82) is 0 Å². The van der Waals surface area contributed by atoms with Gasteiger partial charge < -0.3 is 34.0 Å². The first-order valence-electron chi connectivity index (χ1n) is 10.7. The summed E-state index contributed by atoms with van der Waals surface area (Å²) in [6.45, 7) is 8.86. The maximum absolute atomic E-state index is 2.37. The van der Waals surface area contributed by atoms with Crippen molar-refractivity contribution in [2.24, 2.45) is 0 Å². The van der Waals surface area contributed by atoms with Gasteiger partial charge in [0.25, 0.3) is 0 Å². The summed E-state index contributed by atoms with van der Waals surface area (Å²) < 4.78 is 4.74. The van der Waals surface area contributed by atoms with Crippen molar-refractivity contribution >= 4 is 0 Å². The quantitative estimate of drug-likeness (QED) is 0.350. The van der Waals surface area contributed by atoms with E-state index in [1.165, 1.54) is 35.1 Å². The largest absolute Gasteiger partial charge is 1.00 e. The molecule has 2 aromatic heterocycles. The first-order chi connectivity index (χ1) is 13.6. The maximum atomic E-state index is 2.37. The first-order valence-corrected chi connectivity index (χ1v) is 10.7. The lowest BCUT2D eigenvalue weighted by atomic mass is 9.96. The van der Waals surface area contributed by atoms with Crippen molar-refractivity contribution < 1.29 is 43.1 Å². The first kappa shape index (κ1) is 26.5. The van der Waals surface area contributed by atoms with Crippen LogP contribution in [0.5, 0.6) is 0 Å². The molecule has 3 rings (SSSR count). The summed E-state index contributed by atoms with van der Waals surface area (Å²) in [6, 6.07) is 18.8. The van der Waals surface area contributed by atoms with E-state index in [-0.39, 0.29) is 34.0 Å². The van der Waals surface area contributed by atoms with E-state index in [0.29, 0.717) is 12.1 Å². The van der Waals surface area contributed by atoms with Gasteiger partial charge in [-0.1, -0.05) is 38.1 Å². The predicted octanol–water partition coefficient (Wildman–Crippen LogP) is -0.335. The van der Waals surface area contributed by atoms with Gasteiger partial charge in [-0.25, -0.2) is 0 Å². The van der Waals surface area contributed by atoms with Crippen LogP contribution in [0, 0.1) is 13.8 Å². The molecule has 0 radical (unpaired) electrons. The number of benzene rings is 1. The lowest BCUT2D eigenvalue weighted by Crippen LogP contribution is -3.00. The van der Waals surface area contributed by atoms with E-state index in [1.54, 1.807) is 0 Å². The third kappa shape index (κ3) is 6.75. The average Bonchev–Trinajstić information content (AvgIpc) is 2.70. The fourth-order valence-electron chi connectivity index (χ4n) is 4.08. The zero-order valence-corrected chi connectivity index (χ0v) is 21.7. The van der Waals surface area contributed by atoms with E-state index in [2.05, 4.69) is 110 Å². The monoisotopic (exact) mass is 532 g/mol. The van der Waals surface area contributed by atoms with Gasteiger partial charge >= 0.3 is 0 Å². The number of halogens is 2. The standard InChI is InChI=1S/C26H34N2.2BrH/c1-5-9-25(27-17-7-11-21(3)19-27)23-13-15-24(16-14-23)26(10-6-2)28-18-8-12-22(4)20-28;;/h7-8,11-20,25-26H,5-6,9-10H2,1-4H3;2*1H/q+2;;/p-2. The van der Waals surface area contributed by atoms with Gasteiger partial charge in [0.05, 0.1) is 0 Å². The van der Waals surface area contributed by atoms with E-state index in [4.69, 9.17) is 0 Å². The minimum Gasteiger partial charge on any atom is -1.00 e. The Hall–Kier alpha value is -1.52. The van der Waals surface area contributed by atoms with Crippen LogP contribution in [0.1, 0.15) is 73.9 Å². The number of hydrogen-bond acceptors (Lipinski definition) is 0. The Bertz CT molecular complexity index is 819. The number of aryl methyl sites for hydroxylation is 2. The Morgan fingerprint density at radius 2 is 1.00 bits per heavy atom. The molecule has 2 atom stereocenters. The minimum atomic E-state index is 0. The van der Waals surface area contributed by atoms with Crippen LogP contribution in [0.3, 0.4) is 0 Å². The lowest BCUT2D eigenvalue weighted by molar-refractivity contribution is -0.715. The van der Waals surface area contributed by atoms with Gasteiger partial charge in [0.15, 0.2) is 36.9 Å². The molecule has 0 aliphatic rings. The Labute approximate surface area is 203 Å². The molecular weight excluding hydrogens is 500 g/mol. The molecule has 0 aliphatic heterocycles. The number of rotatable bonds is 8. The van der Waals surface area contributed by atoms with Crippen molar-refractivity contribution in [2.45, 2.75) is 65.5 Å². The summed E-state index contributed by atoms with van der Waals surface area (Å²) in [7, 11) is 0. The summed E-state index contributed by atoms with van der Waals surface area (Å²) in [4.78, 5) is 0. The third-order valence-electron chi connectivity index (χ3n) is 5.49. The third-order valence-corrected chi connectivity index (χ3v) is 5.49. The molecule has 162 valence electrons. The molecule has 4 heteroatoms. The molecule has 0 bridgehead atoms. The van der Waals surface area contributed by atoms with Gasteiger partial charge in [0.1, 0.15) is 0 Å². The zero-order valence-electron chi connectivity index (χ0n) is 18.6. The van der Waals surface area contributed by atoms with Crippen LogP contribution in [-0.2, 0) is 0 Å². The fraction of sp³-hybridized carbons (Fsp3) is 0.385. The van der Waals surface area contributed by atoms with Crippen LogP contribution in [-0.4, -0.2) is 0 Å². The molecule has 0 N–H and O–H groups in total. The van der Waals surface area contributed by atoms with E-state index in [9.17, 15) is 0 Å². The van der Waals surface area contributed by atoms with E-state index in [0.717, 1.165) is 12.8 Å². The van der Waals surface area contributed by atoms with Crippen LogP contribution < -0.4 is 43.1 Å². The second-order valence-corrected chi connectivity index (χ2v) is 7.93. The van der Waals surface area contributed by atoms with Gasteiger partial charge in [-0.05, 0) is 38.8 Å². The molecule has 0 saturated heterocycles. The number of nitrogens with zero attached hydrogens (tertiary/aromatic N) is 2. The molecule has 2 unspecified atom stereocenters. The van der Waals surface area contributed by atoms with Crippen molar-refractivity contribution in [3.05, 3.63) is 95.6 Å². The molecule has 2 heterocycles. The highest BCUT2D eigenvalue weighted by Gasteiger charge is 2.23. The normalized spacial score (nSPS) is 12.4. The molecule has 3 aromatic rings. The smallest absolute Gasteiger partial charge is 0.183 e. The van der Waals surface area contributed by atoms with Gasteiger partial charge in [-0.15, -0.1) is 0 Å². The number of hydrogen-bond donors (Lipinski definition) is 0. The van der Waals surface area contributed by atoms with Gasteiger partial charge in [0, 0.05) is 47.2 Å². The second kappa shape index (κ2) is 13.0. The Balaban J connectivity index is 0.00000225. The molecule has 1 aromatic carbocycles. The molecule has 0 amide bonds. The molecule has 30 heavy (non-hydrogen) atoms. The molecule has 2 nitrogen and oxygen atoms in total. The Morgan fingerprint density at radius 1 is 0.633 bits per heavy atom. The molecular formula is C26H34Br2N2. The van der Waals surface area contributed by atoms with Crippen LogP contribution >= 0.6 is 0 Å². The van der Waals surface area contributed by atoms with Gasteiger partial charge in [-0.2, -0.15) is 9.13 Å². The highest BCUT2D eigenvalue weighted by Crippen LogP contribution is 2.23. The topological polar surface area (TPSA) is 7.76 Å². The SMILES string of the molecule is CCCC(c1ccc(C(CCC)[n+]2cccc(C)c2)cc1)[n+]1cccc(C)c1.[Br-].[Br-]. The number of pyridine rings is 2. The second-order valence-electron chi connectivity index (χ2n) is 7.93. The molecule has 0 saturated carbocycles. The number of aromatic nitrogens is 2. The van der Waals surface area contributed by atoms with Crippen molar-refractivity contribution in [1.82, 2.24) is 0 Å². The maximum Gasteiger partial charge on any atom is 0.183 e. The summed E-state index contributed by atoms with van der Waals surface area (Å²) in [5.41, 5.74) is 5.40. The van der Waals surface area contributed by atoms with Crippen molar-refractivity contribution in [2.75, 3.05) is 0 Å². The summed E-state index contributed by atoms with van der Waals surface area (Å²) >= 11 is 0. The predicted molar refractivity (Wildman–Crippen MR) is 115 cm³/mol. The van der Waals surface area contributed by atoms with E-state index >= 15 is 0 Å². The van der Waals surface area contributed by atoms with Crippen LogP contribution in [0.15, 0.2) is 73.3 Å². The summed E-state index contributed by atoms with van der Waals surface area (Å²) in [6.07, 6.45) is 13.6. The van der Waals surface area contributed by atoms with Gasteiger partial charge in [-0.3, -0.25) is 0 Å². The van der Waals surface area contributed by atoms with Gasteiger partial charge in [0.2, 0.25) is 0 Å². The van der Waals surface area contributed by atoms with Crippen molar-refractivity contribution in [3.8, 4) is 0 Å². The Kier molecular flexibility index (Phi) is 11.5.